The Morgan fingerprint density at radius 2 is 1.88 bits per heavy atom. The second-order valence-corrected chi connectivity index (χ2v) is 5.53. The van der Waals surface area contributed by atoms with E-state index in [2.05, 4.69) is 0 Å². The van der Waals surface area contributed by atoms with E-state index in [0.717, 1.165) is 22.8 Å². The van der Waals surface area contributed by atoms with Gasteiger partial charge in [-0.2, -0.15) is 27.2 Å². The maximum atomic E-state index is 13.6. The van der Waals surface area contributed by atoms with Crippen molar-refractivity contribution in [2.45, 2.75) is 25.1 Å². The summed E-state index contributed by atoms with van der Waals surface area (Å²) in [5.74, 6) is -6.65. The first-order chi connectivity index (χ1) is 11.6. The van der Waals surface area contributed by atoms with E-state index in [9.17, 15) is 31.1 Å². The van der Waals surface area contributed by atoms with Crippen LogP contribution >= 0.6 is 0 Å². The van der Waals surface area contributed by atoms with Crippen LogP contribution in [0.3, 0.4) is 0 Å². The van der Waals surface area contributed by atoms with Crippen molar-refractivity contribution < 1.29 is 31.1 Å². The molecule has 0 spiro atoms. The van der Waals surface area contributed by atoms with E-state index in [0.29, 0.717) is 6.07 Å². The van der Waals surface area contributed by atoms with E-state index in [-0.39, 0.29) is 11.3 Å². The number of ketones is 1. The highest BCUT2D eigenvalue weighted by Gasteiger charge is 2.50. The van der Waals surface area contributed by atoms with Gasteiger partial charge >= 0.3 is 12.1 Å². The van der Waals surface area contributed by atoms with E-state index < -0.39 is 53.5 Å². The minimum Gasteiger partial charge on any atom is -0.337 e. The monoisotopic (exact) mass is 358 g/mol. The SMILES string of the molecule is N#Cc1cc(-c2cc(C(F)(F)F)c3n2CCC(F)(F)C3=O)ccc1F. The Hall–Kier alpha value is -2.76. The van der Waals surface area contributed by atoms with Gasteiger partial charge in [-0.15, -0.1) is 0 Å². The minimum atomic E-state index is -5.02. The van der Waals surface area contributed by atoms with Gasteiger partial charge in [-0.3, -0.25) is 4.79 Å². The molecule has 3 nitrogen and oxygen atoms in total. The Labute approximate surface area is 137 Å². The molecule has 0 saturated carbocycles. The van der Waals surface area contributed by atoms with Gasteiger partial charge in [-0.1, -0.05) is 0 Å². The molecule has 1 aliphatic heterocycles. The van der Waals surface area contributed by atoms with Gasteiger partial charge in [0.25, 0.3) is 0 Å². The third-order valence-corrected chi connectivity index (χ3v) is 3.98. The van der Waals surface area contributed by atoms with Crippen LogP contribution in [-0.4, -0.2) is 16.3 Å². The number of benzene rings is 1. The number of hydrogen-bond donors (Lipinski definition) is 0. The van der Waals surface area contributed by atoms with Crippen molar-refractivity contribution in [1.29, 1.82) is 5.26 Å². The van der Waals surface area contributed by atoms with Gasteiger partial charge in [0.05, 0.1) is 11.1 Å². The Kier molecular flexibility index (Phi) is 3.67. The number of carbonyl (C=O) groups excluding carboxylic acids is 1. The molecular weight excluding hydrogens is 350 g/mol. The van der Waals surface area contributed by atoms with Gasteiger partial charge in [0.15, 0.2) is 0 Å². The maximum absolute atomic E-state index is 13.6. The van der Waals surface area contributed by atoms with Gasteiger partial charge in [0, 0.05) is 18.7 Å². The number of Topliss-reactive ketones (excluding diaryl/α,β-unsaturated/α-hetero) is 1. The number of rotatable bonds is 1. The van der Waals surface area contributed by atoms with Crippen LogP contribution < -0.4 is 0 Å². The van der Waals surface area contributed by atoms with Gasteiger partial charge in [0.2, 0.25) is 5.78 Å². The number of hydrogen-bond acceptors (Lipinski definition) is 2. The Balaban J connectivity index is 2.28. The molecule has 130 valence electrons. The molecule has 9 heteroatoms. The molecular formula is C16H8F6N2O. The predicted octanol–water partition coefficient (Wildman–Crippen LogP) is 4.41. The van der Waals surface area contributed by atoms with E-state index >= 15 is 0 Å². The average Bonchev–Trinajstić information content (AvgIpc) is 2.92. The fourth-order valence-electron chi connectivity index (χ4n) is 2.79. The highest BCUT2D eigenvalue weighted by atomic mass is 19.4. The predicted molar refractivity (Wildman–Crippen MR) is 73.4 cm³/mol. The van der Waals surface area contributed by atoms with Crippen molar-refractivity contribution in [2.24, 2.45) is 0 Å². The third-order valence-electron chi connectivity index (χ3n) is 3.98. The second-order valence-electron chi connectivity index (χ2n) is 5.53. The number of nitrogens with zero attached hydrogens (tertiary/aromatic N) is 2. The number of alkyl halides is 5. The number of nitriles is 1. The lowest BCUT2D eigenvalue weighted by Gasteiger charge is -2.25. The molecule has 1 aromatic heterocycles. The van der Waals surface area contributed by atoms with Crippen LogP contribution in [0.4, 0.5) is 26.3 Å². The summed E-state index contributed by atoms with van der Waals surface area (Å²) >= 11 is 0. The molecule has 0 N–H and O–H groups in total. The smallest absolute Gasteiger partial charge is 0.337 e. The zero-order chi connectivity index (χ0) is 18.6. The zero-order valence-corrected chi connectivity index (χ0v) is 12.3. The fraction of sp³-hybridized carbons (Fsp3) is 0.250. The summed E-state index contributed by atoms with van der Waals surface area (Å²) in [5.41, 5.74) is -3.17. The summed E-state index contributed by atoms with van der Waals surface area (Å²) in [6.45, 7) is -0.515. The van der Waals surface area contributed by atoms with Crippen LogP contribution in [0.2, 0.25) is 0 Å². The van der Waals surface area contributed by atoms with E-state index in [1.807, 2.05) is 0 Å². The molecule has 0 unspecified atom stereocenters. The van der Waals surface area contributed by atoms with E-state index in [4.69, 9.17) is 5.26 Å². The molecule has 0 saturated heterocycles. The average molecular weight is 358 g/mol. The quantitative estimate of drug-likeness (QED) is 0.709. The Morgan fingerprint density at radius 3 is 2.48 bits per heavy atom. The number of carbonyl (C=O) groups is 1. The van der Waals surface area contributed by atoms with E-state index in [1.54, 1.807) is 6.07 Å². The first kappa shape index (κ1) is 17.1. The van der Waals surface area contributed by atoms with Crippen LogP contribution in [0, 0.1) is 17.1 Å². The molecule has 1 aromatic carbocycles. The van der Waals surface area contributed by atoms with Gasteiger partial charge in [-0.25, -0.2) is 4.39 Å². The van der Waals surface area contributed by atoms with Crippen LogP contribution in [0.5, 0.6) is 0 Å². The number of aromatic nitrogens is 1. The van der Waals surface area contributed by atoms with Crippen LogP contribution in [-0.2, 0) is 12.7 Å². The lowest BCUT2D eigenvalue weighted by Crippen LogP contribution is -2.38. The molecule has 25 heavy (non-hydrogen) atoms. The molecule has 2 heterocycles. The standard InChI is InChI=1S/C16H8F6N2O/c17-11-2-1-8(5-9(11)7-23)12-6-10(16(20,21)22)13-14(25)15(18,19)3-4-24(12)13/h1-2,5-6H,3-4H2. The van der Waals surface area contributed by atoms with Crippen molar-refractivity contribution in [3.63, 3.8) is 0 Å². The molecule has 0 aliphatic carbocycles. The van der Waals surface area contributed by atoms with Crippen molar-refractivity contribution in [1.82, 2.24) is 4.57 Å². The molecule has 3 rings (SSSR count). The van der Waals surface area contributed by atoms with Gasteiger partial charge < -0.3 is 4.57 Å². The topological polar surface area (TPSA) is 45.8 Å². The van der Waals surface area contributed by atoms with Crippen molar-refractivity contribution >= 4 is 5.78 Å². The Bertz CT molecular complexity index is 920. The molecule has 2 aromatic rings. The zero-order valence-electron chi connectivity index (χ0n) is 12.3. The molecule has 0 bridgehead atoms. The Morgan fingerprint density at radius 1 is 1.20 bits per heavy atom. The summed E-state index contributed by atoms with van der Waals surface area (Å²) in [7, 11) is 0. The highest BCUT2D eigenvalue weighted by Crippen LogP contribution is 2.42. The number of halogens is 6. The van der Waals surface area contributed by atoms with E-state index in [1.165, 1.54) is 0 Å². The first-order valence-corrected chi connectivity index (χ1v) is 6.99. The molecule has 0 atom stereocenters. The largest absolute Gasteiger partial charge is 0.418 e. The molecule has 0 amide bonds. The third kappa shape index (κ3) is 2.67. The number of fused-ring (bicyclic) bond motifs is 1. The summed E-state index contributed by atoms with van der Waals surface area (Å²) in [4.78, 5) is 11.8. The second kappa shape index (κ2) is 5.37. The van der Waals surface area contributed by atoms with Crippen molar-refractivity contribution in [2.75, 3.05) is 0 Å². The van der Waals surface area contributed by atoms with Crippen molar-refractivity contribution in [3.8, 4) is 17.3 Å². The fourth-order valence-corrected chi connectivity index (χ4v) is 2.79. The highest BCUT2D eigenvalue weighted by molar-refractivity contribution is 6.03. The van der Waals surface area contributed by atoms with Gasteiger partial charge in [-0.05, 0) is 29.8 Å². The van der Waals surface area contributed by atoms with Crippen LogP contribution in [0.15, 0.2) is 24.3 Å². The summed E-state index contributed by atoms with van der Waals surface area (Å²) in [5, 5.41) is 8.84. The van der Waals surface area contributed by atoms with Crippen LogP contribution in [0.1, 0.15) is 28.0 Å². The maximum Gasteiger partial charge on any atom is 0.418 e. The normalized spacial score (nSPS) is 16.4. The summed E-state index contributed by atoms with van der Waals surface area (Å²) < 4.78 is 81.1. The molecule has 0 fully saturated rings. The van der Waals surface area contributed by atoms with Crippen molar-refractivity contribution in [3.05, 3.63) is 46.9 Å². The lowest BCUT2D eigenvalue weighted by atomic mass is 10.0. The molecule has 0 radical (unpaired) electrons. The van der Waals surface area contributed by atoms with Crippen LogP contribution in [0.25, 0.3) is 11.3 Å². The summed E-state index contributed by atoms with van der Waals surface area (Å²) in [6.07, 6.45) is -5.96. The van der Waals surface area contributed by atoms with Gasteiger partial charge in [0.1, 0.15) is 17.6 Å². The lowest BCUT2D eigenvalue weighted by molar-refractivity contribution is -0.138. The first-order valence-electron chi connectivity index (χ1n) is 6.99. The summed E-state index contributed by atoms with van der Waals surface area (Å²) in [6, 6.07) is 5.14. The molecule has 1 aliphatic rings. The minimum absolute atomic E-state index is 0.0210.